The quantitative estimate of drug-likeness (QED) is 0.601. The van der Waals surface area contributed by atoms with Crippen molar-refractivity contribution in [2.45, 2.75) is 0 Å². The van der Waals surface area contributed by atoms with Crippen molar-refractivity contribution in [1.82, 2.24) is 4.98 Å². The Kier molecular flexibility index (Phi) is 2.23. The molecule has 2 N–H and O–H groups in total. The monoisotopic (exact) mass is 137 g/mol. The Labute approximate surface area is 60.5 Å². The lowest BCUT2D eigenvalue weighted by atomic mass is 10.4. The van der Waals surface area contributed by atoms with Crippen LogP contribution < -0.4 is 10.6 Å². The van der Waals surface area contributed by atoms with Crippen molar-refractivity contribution in [3.05, 3.63) is 24.5 Å². The van der Waals surface area contributed by atoms with Gasteiger partial charge in [0.05, 0.1) is 6.67 Å². The fourth-order valence-corrected chi connectivity index (χ4v) is 0.704. The molecule has 54 valence electrons. The molecule has 1 heterocycles. The molecule has 0 amide bonds. The van der Waals surface area contributed by atoms with Crippen LogP contribution in [0.15, 0.2) is 24.5 Å². The molecule has 0 aliphatic carbocycles. The first-order chi connectivity index (χ1) is 4.84. The minimum Gasteiger partial charge on any atom is -0.362 e. The van der Waals surface area contributed by atoms with Gasteiger partial charge < -0.3 is 10.6 Å². The third kappa shape index (κ3) is 1.45. The summed E-state index contributed by atoms with van der Waals surface area (Å²) in [6, 6.07) is 3.85. The van der Waals surface area contributed by atoms with E-state index in [9.17, 15) is 0 Å². The molecule has 1 rings (SSSR count). The van der Waals surface area contributed by atoms with Gasteiger partial charge >= 0.3 is 0 Å². The Balaban J connectivity index is 2.75. The number of nitrogens with two attached hydrogens (primary N) is 1. The van der Waals surface area contributed by atoms with Gasteiger partial charge in [-0.15, -0.1) is 0 Å². The molecule has 3 nitrogen and oxygen atoms in total. The zero-order chi connectivity index (χ0) is 7.40. The number of nitrogens with zero attached hydrogens (tertiary/aromatic N) is 2. The summed E-state index contributed by atoms with van der Waals surface area (Å²) in [7, 11) is 1.94. The molecule has 0 fully saturated rings. The molecule has 0 saturated carbocycles. The van der Waals surface area contributed by atoms with Crippen LogP contribution in [0.2, 0.25) is 0 Å². The van der Waals surface area contributed by atoms with Crippen LogP contribution in [0, 0.1) is 0 Å². The highest BCUT2D eigenvalue weighted by atomic mass is 15.1. The van der Waals surface area contributed by atoms with Crippen LogP contribution in [-0.2, 0) is 0 Å². The van der Waals surface area contributed by atoms with E-state index in [0.717, 1.165) is 5.69 Å². The normalized spacial score (nSPS) is 9.40. The van der Waals surface area contributed by atoms with Gasteiger partial charge in [0.2, 0.25) is 0 Å². The third-order valence-corrected chi connectivity index (χ3v) is 1.38. The topological polar surface area (TPSA) is 42.1 Å². The van der Waals surface area contributed by atoms with Crippen LogP contribution in [-0.4, -0.2) is 18.7 Å². The Hall–Kier alpha value is -1.09. The molecule has 0 aliphatic heterocycles. The van der Waals surface area contributed by atoms with Crippen molar-refractivity contribution >= 4 is 5.69 Å². The van der Waals surface area contributed by atoms with Crippen LogP contribution in [0.5, 0.6) is 0 Å². The Bertz CT molecular complexity index is 185. The second-order valence-corrected chi connectivity index (χ2v) is 2.09. The summed E-state index contributed by atoms with van der Waals surface area (Å²) in [5.41, 5.74) is 6.50. The standard InChI is InChI=1S/C7H11N3/c1-10(6-8)7-2-4-9-5-3-7/h2-5H,6,8H2,1H3. The third-order valence-electron chi connectivity index (χ3n) is 1.38. The van der Waals surface area contributed by atoms with Gasteiger partial charge in [-0.3, -0.25) is 4.98 Å². The summed E-state index contributed by atoms with van der Waals surface area (Å²) in [5, 5.41) is 0. The van der Waals surface area contributed by atoms with E-state index in [-0.39, 0.29) is 0 Å². The van der Waals surface area contributed by atoms with Crippen molar-refractivity contribution in [2.24, 2.45) is 5.73 Å². The summed E-state index contributed by atoms with van der Waals surface area (Å²) in [6.07, 6.45) is 3.50. The van der Waals surface area contributed by atoms with Crippen molar-refractivity contribution in [2.75, 3.05) is 18.6 Å². The van der Waals surface area contributed by atoms with Gasteiger partial charge in [-0.05, 0) is 12.1 Å². The molecule has 0 radical (unpaired) electrons. The zero-order valence-corrected chi connectivity index (χ0v) is 5.99. The molecule has 10 heavy (non-hydrogen) atoms. The van der Waals surface area contributed by atoms with E-state index in [1.54, 1.807) is 12.4 Å². The Morgan fingerprint density at radius 2 is 2.10 bits per heavy atom. The first-order valence-electron chi connectivity index (χ1n) is 3.16. The van der Waals surface area contributed by atoms with Gasteiger partial charge in [0.25, 0.3) is 0 Å². The van der Waals surface area contributed by atoms with Gasteiger partial charge in [0, 0.05) is 25.1 Å². The predicted octanol–water partition coefficient (Wildman–Crippen LogP) is 0.434. The van der Waals surface area contributed by atoms with Crippen molar-refractivity contribution in [3.8, 4) is 0 Å². The number of hydrogen-bond acceptors (Lipinski definition) is 3. The molecule has 1 aromatic rings. The van der Waals surface area contributed by atoms with E-state index in [1.807, 2.05) is 24.1 Å². The van der Waals surface area contributed by atoms with E-state index >= 15 is 0 Å². The zero-order valence-electron chi connectivity index (χ0n) is 5.99. The lowest BCUT2D eigenvalue weighted by Crippen LogP contribution is -2.24. The minimum atomic E-state index is 0.532. The molecule has 1 aromatic heterocycles. The summed E-state index contributed by atoms with van der Waals surface area (Å²) < 4.78 is 0. The molecule has 0 atom stereocenters. The van der Waals surface area contributed by atoms with Gasteiger partial charge in [-0.2, -0.15) is 0 Å². The second-order valence-electron chi connectivity index (χ2n) is 2.09. The van der Waals surface area contributed by atoms with Crippen molar-refractivity contribution < 1.29 is 0 Å². The molecule has 0 saturated heterocycles. The summed E-state index contributed by atoms with van der Waals surface area (Å²) in [5.74, 6) is 0. The fourth-order valence-electron chi connectivity index (χ4n) is 0.704. The molecule has 0 spiro atoms. The van der Waals surface area contributed by atoms with Crippen LogP contribution in [0.25, 0.3) is 0 Å². The highest BCUT2D eigenvalue weighted by Crippen LogP contribution is 2.06. The molecule has 3 heteroatoms. The van der Waals surface area contributed by atoms with E-state index in [1.165, 1.54) is 0 Å². The van der Waals surface area contributed by atoms with Crippen LogP contribution in [0.3, 0.4) is 0 Å². The number of aromatic nitrogens is 1. The predicted molar refractivity (Wildman–Crippen MR) is 41.7 cm³/mol. The molecule has 0 aliphatic rings. The minimum absolute atomic E-state index is 0.532. The van der Waals surface area contributed by atoms with E-state index in [4.69, 9.17) is 5.73 Å². The molecule has 0 bridgehead atoms. The van der Waals surface area contributed by atoms with Crippen LogP contribution in [0.4, 0.5) is 5.69 Å². The summed E-state index contributed by atoms with van der Waals surface area (Å²) >= 11 is 0. The molecule has 0 aromatic carbocycles. The second kappa shape index (κ2) is 3.17. The van der Waals surface area contributed by atoms with Gasteiger partial charge in [-0.25, -0.2) is 0 Å². The van der Waals surface area contributed by atoms with E-state index in [2.05, 4.69) is 4.98 Å². The average molecular weight is 137 g/mol. The van der Waals surface area contributed by atoms with Crippen LogP contribution >= 0.6 is 0 Å². The van der Waals surface area contributed by atoms with Gasteiger partial charge in [0.15, 0.2) is 0 Å². The smallest absolute Gasteiger partial charge is 0.0653 e. The van der Waals surface area contributed by atoms with Crippen LogP contribution in [0.1, 0.15) is 0 Å². The largest absolute Gasteiger partial charge is 0.362 e. The molecular weight excluding hydrogens is 126 g/mol. The van der Waals surface area contributed by atoms with Gasteiger partial charge in [0.1, 0.15) is 0 Å². The maximum atomic E-state index is 5.41. The molecule has 0 unspecified atom stereocenters. The number of rotatable bonds is 2. The molecular formula is C7H11N3. The maximum Gasteiger partial charge on any atom is 0.0653 e. The fraction of sp³-hybridized carbons (Fsp3) is 0.286. The lowest BCUT2D eigenvalue weighted by Gasteiger charge is -2.15. The van der Waals surface area contributed by atoms with Crippen molar-refractivity contribution in [1.29, 1.82) is 0 Å². The number of pyridine rings is 1. The van der Waals surface area contributed by atoms with E-state index in [0.29, 0.717) is 6.67 Å². The SMILES string of the molecule is CN(CN)c1ccncc1. The number of anilines is 1. The lowest BCUT2D eigenvalue weighted by molar-refractivity contribution is 0.931. The summed E-state index contributed by atoms with van der Waals surface area (Å²) in [4.78, 5) is 5.84. The Morgan fingerprint density at radius 3 is 2.60 bits per heavy atom. The first-order valence-corrected chi connectivity index (χ1v) is 3.16. The Morgan fingerprint density at radius 1 is 1.50 bits per heavy atom. The summed E-state index contributed by atoms with van der Waals surface area (Å²) in [6.45, 7) is 0.532. The highest BCUT2D eigenvalue weighted by Gasteiger charge is 1.93. The first kappa shape index (κ1) is 7.02. The highest BCUT2D eigenvalue weighted by molar-refractivity contribution is 5.42. The van der Waals surface area contributed by atoms with E-state index < -0.39 is 0 Å². The maximum absolute atomic E-state index is 5.41. The number of hydrogen-bond donors (Lipinski definition) is 1. The van der Waals surface area contributed by atoms with Gasteiger partial charge in [-0.1, -0.05) is 0 Å². The van der Waals surface area contributed by atoms with Crippen molar-refractivity contribution in [3.63, 3.8) is 0 Å². The average Bonchev–Trinajstić information content (AvgIpc) is 2.05.